The van der Waals surface area contributed by atoms with Gasteiger partial charge in [0.15, 0.2) is 9.84 Å². The zero-order valence-corrected chi connectivity index (χ0v) is 22.7. The van der Waals surface area contributed by atoms with Gasteiger partial charge in [0.1, 0.15) is 0 Å². The summed E-state index contributed by atoms with van der Waals surface area (Å²) in [5.41, 5.74) is 2.41. The maximum atomic E-state index is 13.7. The van der Waals surface area contributed by atoms with Crippen LogP contribution in [0.3, 0.4) is 0 Å². The quantitative estimate of drug-likeness (QED) is 0.479. The number of benzene rings is 2. The molecular formula is C29H35N3O5S. The third-order valence-corrected chi connectivity index (χ3v) is 9.67. The van der Waals surface area contributed by atoms with Crippen molar-refractivity contribution in [2.75, 3.05) is 36.0 Å². The van der Waals surface area contributed by atoms with E-state index < -0.39 is 27.7 Å². The summed E-state index contributed by atoms with van der Waals surface area (Å²) < 4.78 is 24.1. The van der Waals surface area contributed by atoms with Gasteiger partial charge >= 0.3 is 0 Å². The predicted octanol–water partition coefficient (Wildman–Crippen LogP) is 3.52. The molecule has 3 aliphatic heterocycles. The number of fused-ring (bicyclic) bond motifs is 1. The van der Waals surface area contributed by atoms with E-state index in [9.17, 15) is 22.8 Å². The first kappa shape index (κ1) is 26.4. The van der Waals surface area contributed by atoms with E-state index in [2.05, 4.69) is 11.8 Å². The highest BCUT2D eigenvalue weighted by Gasteiger charge is 2.46. The molecule has 2 unspecified atom stereocenters. The van der Waals surface area contributed by atoms with Gasteiger partial charge in [0.25, 0.3) is 11.8 Å². The van der Waals surface area contributed by atoms with Crippen molar-refractivity contribution in [3.63, 3.8) is 0 Å². The van der Waals surface area contributed by atoms with Crippen LogP contribution >= 0.6 is 0 Å². The first-order valence-electron chi connectivity index (χ1n) is 13.6. The summed E-state index contributed by atoms with van der Waals surface area (Å²) in [5, 5.41) is 0. The zero-order chi connectivity index (χ0) is 26.9. The van der Waals surface area contributed by atoms with Crippen molar-refractivity contribution in [1.82, 2.24) is 9.80 Å². The van der Waals surface area contributed by atoms with Crippen molar-refractivity contribution in [2.45, 2.75) is 51.6 Å². The summed E-state index contributed by atoms with van der Waals surface area (Å²) >= 11 is 0. The first-order valence-corrected chi connectivity index (χ1v) is 15.4. The molecule has 0 N–H and O–H groups in total. The lowest BCUT2D eigenvalue weighted by Crippen LogP contribution is -2.45. The van der Waals surface area contributed by atoms with Crippen molar-refractivity contribution in [1.29, 1.82) is 0 Å². The van der Waals surface area contributed by atoms with E-state index >= 15 is 0 Å². The van der Waals surface area contributed by atoms with E-state index in [-0.39, 0.29) is 29.8 Å². The highest BCUT2D eigenvalue weighted by molar-refractivity contribution is 7.91. The summed E-state index contributed by atoms with van der Waals surface area (Å²) in [6.45, 7) is 4.56. The van der Waals surface area contributed by atoms with Gasteiger partial charge in [-0.2, -0.15) is 0 Å². The van der Waals surface area contributed by atoms with Crippen LogP contribution in [0.25, 0.3) is 0 Å². The number of carbonyl (C=O) groups excluding carboxylic acids is 3. The summed E-state index contributed by atoms with van der Waals surface area (Å²) in [5.74, 6) is -1.12. The Morgan fingerprint density at radius 1 is 1.03 bits per heavy atom. The molecule has 2 atom stereocenters. The molecule has 9 heteroatoms. The summed E-state index contributed by atoms with van der Waals surface area (Å²) in [4.78, 5) is 45.6. The average Bonchev–Trinajstić information content (AvgIpc) is 3.41. The smallest absolute Gasteiger partial charge is 0.263 e. The molecule has 8 nitrogen and oxygen atoms in total. The van der Waals surface area contributed by atoms with Gasteiger partial charge in [0.2, 0.25) is 5.91 Å². The Balaban J connectivity index is 1.36. The second-order valence-electron chi connectivity index (χ2n) is 10.6. The number of carbonyl (C=O) groups is 3. The molecule has 5 rings (SSSR count). The number of nitrogens with zero attached hydrogens (tertiary/aromatic N) is 3. The van der Waals surface area contributed by atoms with Gasteiger partial charge in [-0.25, -0.2) is 8.42 Å². The molecule has 3 heterocycles. The molecule has 2 aromatic rings. The first-order chi connectivity index (χ1) is 18.3. The van der Waals surface area contributed by atoms with Crippen molar-refractivity contribution >= 4 is 33.2 Å². The Labute approximate surface area is 224 Å². The highest BCUT2D eigenvalue weighted by Crippen LogP contribution is 2.36. The van der Waals surface area contributed by atoms with Gasteiger partial charge in [0, 0.05) is 26.2 Å². The second kappa shape index (κ2) is 10.9. The minimum Gasteiger partial charge on any atom is -0.370 e. The minimum absolute atomic E-state index is 0.00857. The maximum absolute atomic E-state index is 13.7. The highest BCUT2D eigenvalue weighted by atomic mass is 32.2. The molecule has 0 aliphatic carbocycles. The summed E-state index contributed by atoms with van der Waals surface area (Å²) in [6.07, 6.45) is 3.80. The van der Waals surface area contributed by atoms with Crippen LogP contribution in [0.5, 0.6) is 0 Å². The molecule has 3 amide bonds. The number of imide groups is 1. The number of sulfone groups is 1. The van der Waals surface area contributed by atoms with Crippen LogP contribution < -0.4 is 4.90 Å². The Morgan fingerprint density at radius 2 is 1.82 bits per heavy atom. The van der Waals surface area contributed by atoms with Crippen LogP contribution in [0.15, 0.2) is 48.5 Å². The van der Waals surface area contributed by atoms with E-state index in [1.54, 1.807) is 12.1 Å². The molecule has 202 valence electrons. The lowest BCUT2D eigenvalue weighted by Gasteiger charge is -2.37. The van der Waals surface area contributed by atoms with E-state index in [0.717, 1.165) is 36.1 Å². The van der Waals surface area contributed by atoms with E-state index in [4.69, 9.17) is 0 Å². The Morgan fingerprint density at radius 3 is 2.53 bits per heavy atom. The number of unbranched alkanes of at least 4 members (excludes halogenated alkanes) is 1. The third kappa shape index (κ3) is 5.21. The molecule has 0 saturated carbocycles. The van der Waals surface area contributed by atoms with Crippen LogP contribution in [-0.4, -0.2) is 73.1 Å². The lowest BCUT2D eigenvalue weighted by atomic mass is 9.94. The van der Waals surface area contributed by atoms with Crippen LogP contribution in [0.2, 0.25) is 0 Å². The van der Waals surface area contributed by atoms with Crippen molar-refractivity contribution in [3.8, 4) is 0 Å². The number of piperidine rings is 1. The second-order valence-corrected chi connectivity index (χ2v) is 12.8. The molecule has 38 heavy (non-hydrogen) atoms. The number of amides is 3. The molecule has 0 spiro atoms. The summed E-state index contributed by atoms with van der Waals surface area (Å²) in [6, 6.07) is 14.6. The number of anilines is 1. The largest absolute Gasteiger partial charge is 0.370 e. The average molecular weight is 538 g/mol. The van der Waals surface area contributed by atoms with Gasteiger partial charge in [-0.1, -0.05) is 49.7 Å². The van der Waals surface area contributed by atoms with E-state index in [1.165, 1.54) is 0 Å². The van der Waals surface area contributed by atoms with Gasteiger partial charge in [-0.15, -0.1) is 0 Å². The summed E-state index contributed by atoms with van der Waals surface area (Å²) in [7, 11) is -3.25. The van der Waals surface area contributed by atoms with E-state index in [1.807, 2.05) is 41.3 Å². The maximum Gasteiger partial charge on any atom is 0.263 e. The van der Waals surface area contributed by atoms with Crippen molar-refractivity contribution < 1.29 is 22.8 Å². The standard InChI is InChI=1S/C29H35N3O5S/c1-2-3-15-31(18-21-9-5-4-6-10-21)27(33)22-11-8-16-30(19-22)25-13-7-12-24-26(25)29(35)32(28(24)34)23-14-17-38(36,37)20-23/h4-7,9-10,12-13,22-23H,2-3,8,11,14-20H2,1H3. The molecule has 0 radical (unpaired) electrons. The Kier molecular flexibility index (Phi) is 7.56. The monoisotopic (exact) mass is 537 g/mol. The van der Waals surface area contributed by atoms with Crippen molar-refractivity contribution in [3.05, 3.63) is 65.2 Å². The van der Waals surface area contributed by atoms with Crippen molar-refractivity contribution in [2.24, 2.45) is 5.92 Å². The molecule has 3 aliphatic rings. The Bertz CT molecular complexity index is 1330. The zero-order valence-electron chi connectivity index (χ0n) is 21.8. The van der Waals surface area contributed by atoms with Crippen LogP contribution in [0, 0.1) is 5.92 Å². The predicted molar refractivity (Wildman–Crippen MR) is 146 cm³/mol. The third-order valence-electron chi connectivity index (χ3n) is 7.92. The molecule has 0 bridgehead atoms. The molecule has 2 saturated heterocycles. The minimum atomic E-state index is -3.25. The lowest BCUT2D eigenvalue weighted by molar-refractivity contribution is -0.136. The number of rotatable bonds is 8. The van der Waals surface area contributed by atoms with E-state index in [0.29, 0.717) is 43.0 Å². The normalized spacial score (nSPS) is 22.6. The van der Waals surface area contributed by atoms with Gasteiger partial charge in [-0.3, -0.25) is 19.3 Å². The van der Waals surface area contributed by atoms with Crippen LogP contribution in [0.1, 0.15) is 65.3 Å². The topological polar surface area (TPSA) is 95.1 Å². The number of hydrogen-bond acceptors (Lipinski definition) is 6. The Hall–Kier alpha value is -3.20. The SMILES string of the molecule is CCCCN(Cc1ccccc1)C(=O)C1CCCN(c2cccc3c2C(=O)N(C2CCS(=O)(=O)C2)C3=O)C1. The molecule has 2 aromatic carbocycles. The molecule has 0 aromatic heterocycles. The number of hydrogen-bond donors (Lipinski definition) is 0. The molecular weight excluding hydrogens is 502 g/mol. The van der Waals surface area contributed by atoms with Gasteiger partial charge in [-0.05, 0) is 43.4 Å². The van der Waals surface area contributed by atoms with Crippen LogP contribution in [-0.2, 0) is 21.2 Å². The van der Waals surface area contributed by atoms with Crippen LogP contribution in [0.4, 0.5) is 5.69 Å². The molecule has 2 fully saturated rings. The van der Waals surface area contributed by atoms with Gasteiger partial charge < -0.3 is 9.80 Å². The fourth-order valence-electron chi connectivity index (χ4n) is 5.94. The fraction of sp³-hybridized carbons (Fsp3) is 0.483. The van der Waals surface area contributed by atoms with Gasteiger partial charge in [0.05, 0.1) is 40.3 Å². The fourth-order valence-corrected chi connectivity index (χ4v) is 7.64.